The van der Waals surface area contributed by atoms with Crippen LogP contribution in [0.4, 0.5) is 0 Å². The molecule has 0 bridgehead atoms. The van der Waals surface area contributed by atoms with Crippen LogP contribution in [0, 0.1) is 5.92 Å². The second-order valence-electron chi connectivity index (χ2n) is 5.52. The number of para-hydroxylation sites is 1. The van der Waals surface area contributed by atoms with Crippen LogP contribution in [0.2, 0.25) is 0 Å². The molecule has 1 amide bonds. The van der Waals surface area contributed by atoms with Gasteiger partial charge in [0, 0.05) is 26.8 Å². The second-order valence-corrected chi connectivity index (χ2v) is 5.52. The molecule has 0 fully saturated rings. The summed E-state index contributed by atoms with van der Waals surface area (Å²) in [7, 11) is 2.97. The summed E-state index contributed by atoms with van der Waals surface area (Å²) in [6, 6.07) is 9.36. The summed E-state index contributed by atoms with van der Waals surface area (Å²) in [6.07, 6.45) is 0.978. The van der Waals surface area contributed by atoms with E-state index in [1.165, 1.54) is 7.11 Å². The van der Waals surface area contributed by atoms with Crippen molar-refractivity contribution in [1.29, 1.82) is 0 Å². The molecule has 0 spiro atoms. The Kier molecular flexibility index (Phi) is 9.53. The summed E-state index contributed by atoms with van der Waals surface area (Å²) in [5, 5.41) is 0. The van der Waals surface area contributed by atoms with Crippen LogP contribution < -0.4 is 4.74 Å². The van der Waals surface area contributed by atoms with E-state index in [-0.39, 0.29) is 24.2 Å². The monoisotopic (exact) mass is 337 g/mol. The largest absolute Gasteiger partial charge is 0.493 e. The fourth-order valence-electron chi connectivity index (χ4n) is 2.25. The van der Waals surface area contributed by atoms with Crippen molar-refractivity contribution in [2.24, 2.45) is 5.92 Å². The number of hydrogen-bond donors (Lipinski definition) is 0. The highest BCUT2D eigenvalue weighted by atomic mass is 16.5. The molecular weight excluding hydrogens is 310 g/mol. The van der Waals surface area contributed by atoms with Crippen molar-refractivity contribution < 1.29 is 23.8 Å². The predicted octanol–water partition coefficient (Wildman–Crippen LogP) is 2.13. The van der Waals surface area contributed by atoms with Gasteiger partial charge in [-0.3, -0.25) is 9.59 Å². The van der Waals surface area contributed by atoms with Crippen LogP contribution in [0.15, 0.2) is 30.3 Å². The molecular formula is C18H27NO5. The lowest BCUT2D eigenvalue weighted by Gasteiger charge is -2.25. The lowest BCUT2D eigenvalue weighted by Crippen LogP contribution is -2.38. The average Bonchev–Trinajstić information content (AvgIpc) is 2.60. The SMILES string of the molecule is COCCCN(CC(C)C(=O)OC)C(=O)CCOc1ccccc1. The molecule has 6 heteroatoms. The molecule has 0 aromatic heterocycles. The molecule has 0 aliphatic rings. The highest BCUT2D eigenvalue weighted by Crippen LogP contribution is 2.10. The van der Waals surface area contributed by atoms with Crippen LogP contribution in [0.1, 0.15) is 19.8 Å². The van der Waals surface area contributed by atoms with Crippen molar-refractivity contribution in [1.82, 2.24) is 4.90 Å². The van der Waals surface area contributed by atoms with Gasteiger partial charge in [0.2, 0.25) is 5.91 Å². The molecule has 0 N–H and O–H groups in total. The van der Waals surface area contributed by atoms with Gasteiger partial charge in [-0.15, -0.1) is 0 Å². The normalized spacial score (nSPS) is 11.6. The molecule has 6 nitrogen and oxygen atoms in total. The van der Waals surface area contributed by atoms with Gasteiger partial charge in [-0.05, 0) is 18.6 Å². The zero-order valence-corrected chi connectivity index (χ0v) is 14.7. The smallest absolute Gasteiger partial charge is 0.310 e. The van der Waals surface area contributed by atoms with Crippen LogP contribution in [0.3, 0.4) is 0 Å². The number of benzene rings is 1. The number of methoxy groups -OCH3 is 2. The third kappa shape index (κ3) is 7.46. The van der Waals surface area contributed by atoms with E-state index in [0.717, 1.165) is 12.2 Å². The Hall–Kier alpha value is -2.08. The van der Waals surface area contributed by atoms with Crippen molar-refractivity contribution in [3.8, 4) is 5.75 Å². The Balaban J connectivity index is 2.50. The minimum absolute atomic E-state index is 0.0437. The zero-order chi connectivity index (χ0) is 17.8. The van der Waals surface area contributed by atoms with Gasteiger partial charge in [0.25, 0.3) is 0 Å². The van der Waals surface area contributed by atoms with Crippen LogP contribution >= 0.6 is 0 Å². The molecule has 0 aliphatic heterocycles. The van der Waals surface area contributed by atoms with Gasteiger partial charge in [-0.2, -0.15) is 0 Å². The van der Waals surface area contributed by atoms with Crippen molar-refractivity contribution in [3.63, 3.8) is 0 Å². The maximum Gasteiger partial charge on any atom is 0.310 e. The summed E-state index contributed by atoms with van der Waals surface area (Å²) in [6.45, 7) is 3.50. The topological polar surface area (TPSA) is 65.1 Å². The van der Waals surface area contributed by atoms with E-state index < -0.39 is 0 Å². The van der Waals surface area contributed by atoms with E-state index in [1.54, 1.807) is 18.9 Å². The Morgan fingerprint density at radius 2 is 1.83 bits per heavy atom. The number of carbonyl (C=O) groups excluding carboxylic acids is 2. The lowest BCUT2D eigenvalue weighted by molar-refractivity contribution is -0.146. The summed E-state index contributed by atoms with van der Waals surface area (Å²) in [5.74, 6) is 0.00793. The molecule has 1 unspecified atom stereocenters. The number of carbonyl (C=O) groups is 2. The molecule has 0 aliphatic carbocycles. The third-order valence-electron chi connectivity index (χ3n) is 3.55. The maximum absolute atomic E-state index is 12.4. The molecule has 0 heterocycles. The number of ether oxygens (including phenoxy) is 3. The Morgan fingerprint density at radius 3 is 2.46 bits per heavy atom. The number of nitrogens with zero attached hydrogens (tertiary/aromatic N) is 1. The van der Waals surface area contributed by atoms with E-state index in [1.807, 2.05) is 30.3 Å². The summed E-state index contributed by atoms with van der Waals surface area (Å²) < 4.78 is 15.3. The third-order valence-corrected chi connectivity index (χ3v) is 3.55. The molecule has 1 aromatic rings. The molecule has 0 saturated carbocycles. The van der Waals surface area contributed by atoms with E-state index in [9.17, 15) is 9.59 Å². The number of esters is 1. The highest BCUT2D eigenvalue weighted by Gasteiger charge is 2.21. The van der Waals surface area contributed by atoms with Crippen LogP contribution in [-0.2, 0) is 19.1 Å². The van der Waals surface area contributed by atoms with Crippen molar-refractivity contribution in [2.75, 3.05) is 40.5 Å². The zero-order valence-electron chi connectivity index (χ0n) is 14.7. The molecule has 1 atom stereocenters. The van der Waals surface area contributed by atoms with Gasteiger partial charge in [0.05, 0.1) is 26.1 Å². The van der Waals surface area contributed by atoms with Gasteiger partial charge >= 0.3 is 5.97 Å². The molecule has 1 rings (SSSR count). The molecule has 24 heavy (non-hydrogen) atoms. The molecule has 0 radical (unpaired) electrons. The number of rotatable bonds is 11. The fourth-order valence-corrected chi connectivity index (χ4v) is 2.25. The van der Waals surface area contributed by atoms with Crippen molar-refractivity contribution in [3.05, 3.63) is 30.3 Å². The average molecular weight is 337 g/mol. The first-order chi connectivity index (χ1) is 11.6. The summed E-state index contributed by atoms with van der Waals surface area (Å²) >= 11 is 0. The van der Waals surface area contributed by atoms with Gasteiger partial charge in [0.1, 0.15) is 5.75 Å². The Bertz CT molecular complexity index is 491. The standard InChI is InChI=1S/C18H27NO5/c1-15(18(21)23-3)14-19(11-7-12-22-2)17(20)10-13-24-16-8-5-4-6-9-16/h4-6,8-9,15H,7,10-14H2,1-3H3. The van der Waals surface area contributed by atoms with Crippen LogP contribution in [0.5, 0.6) is 5.75 Å². The van der Waals surface area contributed by atoms with Gasteiger partial charge < -0.3 is 19.1 Å². The van der Waals surface area contributed by atoms with Gasteiger partial charge in [0.15, 0.2) is 0 Å². The first kappa shape index (κ1) is 20.0. The van der Waals surface area contributed by atoms with Crippen molar-refractivity contribution >= 4 is 11.9 Å². The predicted molar refractivity (Wildman–Crippen MR) is 90.8 cm³/mol. The Morgan fingerprint density at radius 1 is 1.12 bits per heavy atom. The summed E-state index contributed by atoms with van der Waals surface area (Å²) in [5.41, 5.74) is 0. The number of hydrogen-bond acceptors (Lipinski definition) is 5. The fraction of sp³-hybridized carbons (Fsp3) is 0.556. The molecule has 1 aromatic carbocycles. The Labute approximate surface area is 143 Å². The first-order valence-electron chi connectivity index (χ1n) is 8.10. The molecule has 134 valence electrons. The van der Waals surface area contributed by atoms with Crippen LogP contribution in [-0.4, -0.2) is 57.3 Å². The number of amides is 1. The quantitative estimate of drug-likeness (QED) is 0.457. The van der Waals surface area contributed by atoms with Crippen molar-refractivity contribution in [2.45, 2.75) is 19.8 Å². The highest BCUT2D eigenvalue weighted by molar-refractivity contribution is 5.78. The minimum atomic E-state index is -0.364. The van der Waals surface area contributed by atoms with Gasteiger partial charge in [-0.25, -0.2) is 0 Å². The van der Waals surface area contributed by atoms with E-state index in [0.29, 0.717) is 26.3 Å². The summed E-state index contributed by atoms with van der Waals surface area (Å²) in [4.78, 5) is 25.7. The van der Waals surface area contributed by atoms with E-state index >= 15 is 0 Å². The first-order valence-corrected chi connectivity index (χ1v) is 8.10. The minimum Gasteiger partial charge on any atom is -0.493 e. The van der Waals surface area contributed by atoms with E-state index in [4.69, 9.17) is 14.2 Å². The van der Waals surface area contributed by atoms with Crippen LogP contribution in [0.25, 0.3) is 0 Å². The van der Waals surface area contributed by atoms with E-state index in [2.05, 4.69) is 0 Å². The lowest BCUT2D eigenvalue weighted by atomic mass is 10.1. The molecule has 0 saturated heterocycles. The second kappa shape index (κ2) is 11.5. The van der Waals surface area contributed by atoms with Gasteiger partial charge in [-0.1, -0.05) is 25.1 Å². The maximum atomic E-state index is 12.4.